The third-order valence-corrected chi connectivity index (χ3v) is 3.89. The first kappa shape index (κ1) is 11.3. The molecule has 2 aliphatic heterocycles. The van der Waals surface area contributed by atoms with Crippen LogP contribution in [0.2, 0.25) is 0 Å². The van der Waals surface area contributed by atoms with Crippen LogP contribution in [0.1, 0.15) is 23.3 Å². The largest absolute Gasteiger partial charge is 0.354 e. The van der Waals surface area contributed by atoms with Crippen molar-refractivity contribution < 1.29 is 9.59 Å². The molecular weight excluding hydrogens is 230 g/mol. The summed E-state index contributed by atoms with van der Waals surface area (Å²) < 4.78 is 0. The Labute approximate surface area is 105 Å². The van der Waals surface area contributed by atoms with Crippen LogP contribution >= 0.6 is 0 Å². The van der Waals surface area contributed by atoms with Gasteiger partial charge in [0.05, 0.1) is 5.92 Å². The van der Waals surface area contributed by atoms with Crippen LogP contribution in [0.25, 0.3) is 0 Å². The number of nitrogens with one attached hydrogen (secondary N) is 2. The fourth-order valence-electron chi connectivity index (χ4n) is 2.95. The van der Waals surface area contributed by atoms with E-state index in [4.69, 9.17) is 0 Å². The smallest absolute Gasteiger partial charge is 0.241 e. The van der Waals surface area contributed by atoms with Gasteiger partial charge in [-0.25, -0.2) is 0 Å². The standard InChI is InChI=1S/C13H15N3O2/c17-11(10-4-1-2-6-14-10)9-8-15-12(18)13(9)5-3-7-16-13/h1-2,4,6,9,16H,3,5,7-8H2,(H,15,18). The van der Waals surface area contributed by atoms with Crippen LogP contribution in [0.5, 0.6) is 0 Å². The van der Waals surface area contributed by atoms with E-state index < -0.39 is 5.54 Å². The van der Waals surface area contributed by atoms with Crippen molar-refractivity contribution in [3.05, 3.63) is 30.1 Å². The molecular formula is C13H15N3O2. The Bertz CT molecular complexity index is 480. The van der Waals surface area contributed by atoms with E-state index in [-0.39, 0.29) is 17.6 Å². The number of carbonyl (C=O) groups excluding carboxylic acids is 2. The van der Waals surface area contributed by atoms with E-state index >= 15 is 0 Å². The summed E-state index contributed by atoms with van der Waals surface area (Å²) in [5.41, 5.74) is -0.263. The minimum atomic E-state index is -0.700. The van der Waals surface area contributed by atoms with E-state index in [9.17, 15) is 9.59 Å². The molecule has 5 nitrogen and oxygen atoms in total. The molecule has 0 aliphatic carbocycles. The highest BCUT2D eigenvalue weighted by Gasteiger charge is 2.54. The number of carbonyl (C=O) groups is 2. The van der Waals surface area contributed by atoms with Crippen LogP contribution in [0.4, 0.5) is 0 Å². The lowest BCUT2D eigenvalue weighted by Crippen LogP contribution is -2.53. The van der Waals surface area contributed by atoms with Gasteiger partial charge in [0.25, 0.3) is 0 Å². The average Bonchev–Trinajstić information content (AvgIpc) is 3.01. The monoisotopic (exact) mass is 245 g/mol. The Morgan fingerprint density at radius 3 is 3.00 bits per heavy atom. The number of pyridine rings is 1. The van der Waals surface area contributed by atoms with Crippen molar-refractivity contribution in [2.24, 2.45) is 5.92 Å². The van der Waals surface area contributed by atoms with Gasteiger partial charge in [-0.05, 0) is 31.5 Å². The van der Waals surface area contributed by atoms with Gasteiger partial charge in [0.1, 0.15) is 11.2 Å². The fourth-order valence-corrected chi connectivity index (χ4v) is 2.95. The zero-order valence-electron chi connectivity index (χ0n) is 9.98. The molecule has 3 rings (SSSR count). The van der Waals surface area contributed by atoms with Crippen molar-refractivity contribution in [3.8, 4) is 0 Å². The molecule has 94 valence electrons. The third kappa shape index (κ3) is 1.54. The van der Waals surface area contributed by atoms with Crippen molar-refractivity contribution in [2.75, 3.05) is 13.1 Å². The minimum absolute atomic E-state index is 0.0470. The summed E-state index contributed by atoms with van der Waals surface area (Å²) in [7, 11) is 0. The van der Waals surface area contributed by atoms with E-state index in [1.54, 1.807) is 24.4 Å². The summed E-state index contributed by atoms with van der Waals surface area (Å²) >= 11 is 0. The van der Waals surface area contributed by atoms with E-state index in [1.165, 1.54) is 0 Å². The molecule has 1 aromatic heterocycles. The molecule has 5 heteroatoms. The maximum absolute atomic E-state index is 12.5. The number of amides is 1. The molecule has 2 N–H and O–H groups in total. The predicted molar refractivity (Wildman–Crippen MR) is 65.0 cm³/mol. The molecule has 2 atom stereocenters. The van der Waals surface area contributed by atoms with E-state index in [2.05, 4.69) is 15.6 Å². The molecule has 1 aromatic rings. The lowest BCUT2D eigenvalue weighted by atomic mass is 9.81. The fraction of sp³-hybridized carbons (Fsp3) is 0.462. The number of nitrogens with zero attached hydrogens (tertiary/aromatic N) is 1. The number of hydrogen-bond donors (Lipinski definition) is 2. The first-order valence-electron chi connectivity index (χ1n) is 6.22. The van der Waals surface area contributed by atoms with E-state index in [0.29, 0.717) is 12.2 Å². The molecule has 3 heterocycles. The molecule has 0 radical (unpaired) electrons. The number of aromatic nitrogens is 1. The normalized spacial score (nSPS) is 30.7. The molecule has 2 aliphatic rings. The number of rotatable bonds is 2. The summed E-state index contributed by atoms with van der Waals surface area (Å²) in [5.74, 6) is -0.444. The second kappa shape index (κ2) is 4.17. The molecule has 1 amide bonds. The summed E-state index contributed by atoms with van der Waals surface area (Å²) in [6.07, 6.45) is 3.26. The van der Waals surface area contributed by atoms with Gasteiger partial charge >= 0.3 is 0 Å². The van der Waals surface area contributed by atoms with Gasteiger partial charge in [-0.3, -0.25) is 14.6 Å². The van der Waals surface area contributed by atoms with E-state index in [1.807, 2.05) is 0 Å². The minimum Gasteiger partial charge on any atom is -0.354 e. The topological polar surface area (TPSA) is 71.1 Å². The maximum Gasteiger partial charge on any atom is 0.241 e. The van der Waals surface area contributed by atoms with Crippen molar-refractivity contribution >= 4 is 11.7 Å². The third-order valence-electron chi connectivity index (χ3n) is 3.89. The highest BCUT2D eigenvalue weighted by atomic mass is 16.2. The zero-order valence-corrected chi connectivity index (χ0v) is 9.98. The lowest BCUT2D eigenvalue weighted by Gasteiger charge is -2.26. The molecule has 0 aromatic carbocycles. The quantitative estimate of drug-likeness (QED) is 0.727. The van der Waals surface area contributed by atoms with Gasteiger partial charge in [0, 0.05) is 12.7 Å². The lowest BCUT2D eigenvalue weighted by molar-refractivity contribution is -0.124. The first-order chi connectivity index (χ1) is 8.74. The van der Waals surface area contributed by atoms with Gasteiger partial charge in [0.2, 0.25) is 5.91 Å². The van der Waals surface area contributed by atoms with Gasteiger partial charge in [-0.1, -0.05) is 6.07 Å². The Kier molecular flexibility index (Phi) is 2.63. The summed E-state index contributed by atoms with van der Waals surface area (Å²) in [6.45, 7) is 1.20. The number of ketones is 1. The van der Waals surface area contributed by atoms with Crippen molar-refractivity contribution in [3.63, 3.8) is 0 Å². The predicted octanol–water partition coefficient (Wildman–Crippen LogP) is 0.132. The molecule has 2 fully saturated rings. The van der Waals surface area contributed by atoms with Crippen LogP contribution in [-0.2, 0) is 4.79 Å². The summed E-state index contributed by atoms with van der Waals surface area (Å²) in [4.78, 5) is 28.5. The second-order valence-corrected chi connectivity index (χ2v) is 4.84. The van der Waals surface area contributed by atoms with Crippen molar-refractivity contribution in [1.29, 1.82) is 0 Å². The van der Waals surface area contributed by atoms with E-state index in [0.717, 1.165) is 19.4 Å². The van der Waals surface area contributed by atoms with Crippen LogP contribution in [-0.4, -0.2) is 35.3 Å². The molecule has 2 saturated heterocycles. The van der Waals surface area contributed by atoms with Crippen molar-refractivity contribution in [1.82, 2.24) is 15.6 Å². The van der Waals surface area contributed by atoms with Gasteiger partial charge in [0.15, 0.2) is 5.78 Å². The Hall–Kier alpha value is -1.75. The van der Waals surface area contributed by atoms with Gasteiger partial charge < -0.3 is 10.6 Å². The summed E-state index contributed by atoms with van der Waals surface area (Å²) in [5, 5.41) is 6.02. The van der Waals surface area contributed by atoms with Crippen LogP contribution in [0, 0.1) is 5.92 Å². The SMILES string of the molecule is O=C(c1ccccn1)C1CNC(=O)C12CCCN2. The maximum atomic E-state index is 12.5. The molecule has 1 spiro atoms. The number of Topliss-reactive ketones (excluding diaryl/α,β-unsaturated/α-hetero) is 1. The number of hydrogen-bond acceptors (Lipinski definition) is 4. The highest BCUT2D eigenvalue weighted by Crippen LogP contribution is 2.33. The van der Waals surface area contributed by atoms with Crippen molar-refractivity contribution in [2.45, 2.75) is 18.4 Å². The Morgan fingerprint density at radius 1 is 1.44 bits per heavy atom. The average molecular weight is 245 g/mol. The molecule has 2 unspecified atom stereocenters. The molecule has 0 saturated carbocycles. The van der Waals surface area contributed by atoms with Crippen LogP contribution < -0.4 is 10.6 Å². The second-order valence-electron chi connectivity index (χ2n) is 4.84. The highest BCUT2D eigenvalue weighted by molar-refractivity contribution is 6.04. The van der Waals surface area contributed by atoms with Crippen LogP contribution in [0.3, 0.4) is 0 Å². The zero-order chi connectivity index (χ0) is 12.6. The molecule has 18 heavy (non-hydrogen) atoms. The Morgan fingerprint density at radius 2 is 2.33 bits per heavy atom. The Balaban J connectivity index is 1.92. The molecule has 0 bridgehead atoms. The first-order valence-corrected chi connectivity index (χ1v) is 6.22. The van der Waals surface area contributed by atoms with Gasteiger partial charge in [-0.15, -0.1) is 0 Å². The summed E-state index contributed by atoms with van der Waals surface area (Å²) in [6, 6.07) is 5.27. The van der Waals surface area contributed by atoms with Crippen LogP contribution in [0.15, 0.2) is 24.4 Å². The van der Waals surface area contributed by atoms with Gasteiger partial charge in [-0.2, -0.15) is 0 Å².